The van der Waals surface area contributed by atoms with Crippen molar-refractivity contribution in [2.24, 2.45) is 0 Å². The molecule has 6 heteroatoms. The number of hydrogen-bond donors (Lipinski definition) is 1. The maximum Gasteiger partial charge on any atom is 0.165 e. The molecule has 0 spiro atoms. The van der Waals surface area contributed by atoms with Crippen molar-refractivity contribution in [3.05, 3.63) is 65.6 Å². The number of nitrogens with zero attached hydrogens (tertiary/aromatic N) is 2. The van der Waals surface area contributed by atoms with E-state index in [2.05, 4.69) is 20.9 Å². The summed E-state index contributed by atoms with van der Waals surface area (Å²) < 4.78 is 16.4. The molecule has 1 aliphatic rings. The standard InChI is InChI=1S/C19H21N3O3/c1-23-16-5-3-4-14(19(16)24-2)18-17-15(20-12-21-17)6-8-22(18)10-13-7-9-25-11-13/h3-5,7,9,11-12,18H,6,8,10H2,1-2H3,(H,20,21). The van der Waals surface area contributed by atoms with Crippen LogP contribution in [0, 0.1) is 0 Å². The molecule has 0 saturated carbocycles. The van der Waals surface area contributed by atoms with Gasteiger partial charge in [0.15, 0.2) is 11.5 Å². The van der Waals surface area contributed by atoms with Gasteiger partial charge in [0.2, 0.25) is 0 Å². The average Bonchev–Trinajstić information content (AvgIpc) is 3.32. The Hall–Kier alpha value is -2.73. The Bertz CT molecular complexity index is 841. The highest BCUT2D eigenvalue weighted by atomic mass is 16.5. The topological polar surface area (TPSA) is 63.5 Å². The Balaban J connectivity index is 1.80. The number of nitrogens with one attached hydrogen (secondary N) is 1. The maximum atomic E-state index is 5.69. The van der Waals surface area contributed by atoms with Crippen molar-refractivity contribution in [3.8, 4) is 11.5 Å². The van der Waals surface area contributed by atoms with Gasteiger partial charge in [-0.1, -0.05) is 12.1 Å². The normalized spacial score (nSPS) is 17.3. The van der Waals surface area contributed by atoms with Crippen LogP contribution in [0.5, 0.6) is 11.5 Å². The fraction of sp³-hybridized carbons (Fsp3) is 0.316. The Labute approximate surface area is 146 Å². The molecule has 0 fully saturated rings. The maximum absolute atomic E-state index is 5.69. The molecule has 25 heavy (non-hydrogen) atoms. The third-order valence-corrected chi connectivity index (χ3v) is 4.72. The first kappa shape index (κ1) is 15.8. The number of para-hydroxylation sites is 1. The first-order valence-corrected chi connectivity index (χ1v) is 8.30. The zero-order chi connectivity index (χ0) is 17.2. The molecule has 0 aliphatic carbocycles. The van der Waals surface area contributed by atoms with E-state index >= 15 is 0 Å². The van der Waals surface area contributed by atoms with E-state index < -0.39 is 0 Å². The molecule has 2 aromatic heterocycles. The summed E-state index contributed by atoms with van der Waals surface area (Å²) in [5.74, 6) is 1.48. The molecule has 0 radical (unpaired) electrons. The summed E-state index contributed by atoms with van der Waals surface area (Å²) in [5.41, 5.74) is 4.42. The van der Waals surface area contributed by atoms with Crippen molar-refractivity contribution in [1.82, 2.24) is 14.9 Å². The van der Waals surface area contributed by atoms with E-state index in [1.54, 1.807) is 33.1 Å². The van der Waals surface area contributed by atoms with E-state index in [-0.39, 0.29) is 6.04 Å². The van der Waals surface area contributed by atoms with Crippen molar-refractivity contribution in [1.29, 1.82) is 0 Å². The number of methoxy groups -OCH3 is 2. The second kappa shape index (κ2) is 6.64. The average molecular weight is 339 g/mol. The summed E-state index contributed by atoms with van der Waals surface area (Å²) in [6.07, 6.45) is 6.21. The van der Waals surface area contributed by atoms with Gasteiger partial charge in [0, 0.05) is 36.3 Å². The number of hydrogen-bond acceptors (Lipinski definition) is 5. The Morgan fingerprint density at radius 3 is 2.96 bits per heavy atom. The van der Waals surface area contributed by atoms with Gasteiger partial charge < -0.3 is 18.9 Å². The second-order valence-electron chi connectivity index (χ2n) is 6.10. The van der Waals surface area contributed by atoms with Crippen LogP contribution in [-0.2, 0) is 13.0 Å². The van der Waals surface area contributed by atoms with Crippen LogP contribution >= 0.6 is 0 Å². The van der Waals surface area contributed by atoms with Crippen LogP contribution in [0.15, 0.2) is 47.5 Å². The lowest BCUT2D eigenvalue weighted by molar-refractivity contribution is 0.195. The number of H-pyrrole nitrogens is 1. The predicted molar refractivity (Wildman–Crippen MR) is 92.8 cm³/mol. The summed E-state index contributed by atoms with van der Waals surface area (Å²) in [5, 5.41) is 0. The fourth-order valence-corrected chi connectivity index (χ4v) is 3.58. The third-order valence-electron chi connectivity index (χ3n) is 4.72. The summed E-state index contributed by atoms with van der Waals surface area (Å²) in [4.78, 5) is 10.3. The summed E-state index contributed by atoms with van der Waals surface area (Å²) in [6, 6.07) is 7.98. The van der Waals surface area contributed by atoms with Gasteiger partial charge in [-0.05, 0) is 12.1 Å². The minimum atomic E-state index is -0.00468. The van der Waals surface area contributed by atoms with Crippen LogP contribution in [-0.4, -0.2) is 35.6 Å². The zero-order valence-corrected chi connectivity index (χ0v) is 14.4. The van der Waals surface area contributed by atoms with Crippen molar-refractivity contribution >= 4 is 0 Å². The SMILES string of the molecule is COc1cccc(C2c3nc[nH]c3CCN2Cc2ccoc2)c1OC. The number of rotatable bonds is 5. The molecule has 1 aliphatic heterocycles. The number of furan rings is 1. The smallest absolute Gasteiger partial charge is 0.165 e. The van der Waals surface area contributed by atoms with Crippen LogP contribution in [0.3, 0.4) is 0 Å². The molecule has 6 nitrogen and oxygen atoms in total. The molecule has 1 N–H and O–H groups in total. The van der Waals surface area contributed by atoms with Gasteiger partial charge in [0.1, 0.15) is 0 Å². The van der Waals surface area contributed by atoms with E-state index in [0.29, 0.717) is 0 Å². The molecule has 130 valence electrons. The van der Waals surface area contributed by atoms with Gasteiger partial charge in [-0.2, -0.15) is 0 Å². The van der Waals surface area contributed by atoms with Crippen molar-refractivity contribution < 1.29 is 13.9 Å². The number of imidazole rings is 1. The van der Waals surface area contributed by atoms with Gasteiger partial charge >= 0.3 is 0 Å². The third kappa shape index (κ3) is 2.78. The summed E-state index contributed by atoms with van der Waals surface area (Å²) >= 11 is 0. The Kier molecular flexibility index (Phi) is 4.19. The number of benzene rings is 1. The first-order valence-electron chi connectivity index (χ1n) is 8.30. The highest BCUT2D eigenvalue weighted by molar-refractivity contribution is 5.51. The van der Waals surface area contributed by atoms with Gasteiger partial charge in [0.05, 0.1) is 44.8 Å². The number of aromatic nitrogens is 2. The highest BCUT2D eigenvalue weighted by Gasteiger charge is 2.33. The van der Waals surface area contributed by atoms with Crippen molar-refractivity contribution in [2.45, 2.75) is 19.0 Å². The molecular formula is C19H21N3O3. The number of aromatic amines is 1. The molecule has 3 heterocycles. The van der Waals surface area contributed by atoms with Crippen molar-refractivity contribution in [2.75, 3.05) is 20.8 Å². The van der Waals surface area contributed by atoms with Gasteiger partial charge in [-0.25, -0.2) is 4.98 Å². The molecule has 0 saturated heterocycles. The second-order valence-corrected chi connectivity index (χ2v) is 6.10. The Morgan fingerprint density at radius 1 is 1.28 bits per heavy atom. The molecule has 1 aromatic carbocycles. The summed E-state index contributed by atoms with van der Waals surface area (Å²) in [6.45, 7) is 1.71. The minimum absolute atomic E-state index is 0.00468. The lowest BCUT2D eigenvalue weighted by Crippen LogP contribution is -2.36. The number of fused-ring (bicyclic) bond motifs is 1. The highest BCUT2D eigenvalue weighted by Crippen LogP contribution is 2.42. The zero-order valence-electron chi connectivity index (χ0n) is 14.4. The van der Waals surface area contributed by atoms with Crippen LogP contribution in [0.4, 0.5) is 0 Å². The quantitative estimate of drug-likeness (QED) is 0.773. The van der Waals surface area contributed by atoms with Gasteiger partial charge in [-0.15, -0.1) is 0 Å². The Morgan fingerprint density at radius 2 is 2.20 bits per heavy atom. The van der Waals surface area contributed by atoms with Crippen LogP contribution < -0.4 is 9.47 Å². The van der Waals surface area contributed by atoms with E-state index in [0.717, 1.165) is 47.8 Å². The monoisotopic (exact) mass is 339 g/mol. The van der Waals surface area contributed by atoms with Crippen molar-refractivity contribution in [3.63, 3.8) is 0 Å². The van der Waals surface area contributed by atoms with E-state index in [4.69, 9.17) is 13.9 Å². The molecule has 0 amide bonds. The van der Waals surface area contributed by atoms with E-state index in [9.17, 15) is 0 Å². The summed E-state index contributed by atoms with van der Waals surface area (Å²) in [7, 11) is 3.34. The van der Waals surface area contributed by atoms with Gasteiger partial charge in [0.25, 0.3) is 0 Å². The van der Waals surface area contributed by atoms with Crippen LogP contribution in [0.2, 0.25) is 0 Å². The molecule has 0 bridgehead atoms. The first-order chi connectivity index (χ1) is 12.3. The molecular weight excluding hydrogens is 318 g/mol. The minimum Gasteiger partial charge on any atom is -0.493 e. The number of ether oxygens (including phenoxy) is 2. The fourth-order valence-electron chi connectivity index (χ4n) is 3.58. The lowest BCUT2D eigenvalue weighted by atomic mass is 9.94. The molecule has 1 unspecified atom stereocenters. The van der Waals surface area contributed by atoms with Gasteiger partial charge in [-0.3, -0.25) is 4.90 Å². The predicted octanol–water partition coefficient (Wildman–Crippen LogP) is 3.17. The molecule has 4 rings (SSSR count). The largest absolute Gasteiger partial charge is 0.493 e. The van der Waals surface area contributed by atoms with E-state index in [1.807, 2.05) is 18.2 Å². The van der Waals surface area contributed by atoms with E-state index in [1.165, 1.54) is 5.69 Å². The van der Waals surface area contributed by atoms with Crippen LogP contribution in [0.25, 0.3) is 0 Å². The molecule has 1 atom stereocenters. The molecule has 3 aromatic rings. The lowest BCUT2D eigenvalue weighted by Gasteiger charge is -2.35. The van der Waals surface area contributed by atoms with Crippen LogP contribution in [0.1, 0.15) is 28.6 Å².